The van der Waals surface area contributed by atoms with E-state index in [4.69, 9.17) is 5.73 Å². The van der Waals surface area contributed by atoms with Gasteiger partial charge in [-0.25, -0.2) is 0 Å². The molecule has 3 N–H and O–H groups in total. The molecule has 2 aliphatic rings. The number of benzene rings is 1. The van der Waals surface area contributed by atoms with E-state index in [2.05, 4.69) is 45.4 Å². The first-order chi connectivity index (χ1) is 15.1. The highest BCUT2D eigenvalue weighted by molar-refractivity contribution is 7.17. The lowest BCUT2D eigenvalue weighted by atomic mass is 9.95. The molecule has 2 aromatic rings. The third-order valence-corrected chi connectivity index (χ3v) is 7.46. The van der Waals surface area contributed by atoms with Gasteiger partial charge >= 0.3 is 0 Å². The van der Waals surface area contributed by atoms with Gasteiger partial charge in [-0.3, -0.25) is 14.5 Å². The Balaban J connectivity index is 1.27. The summed E-state index contributed by atoms with van der Waals surface area (Å²) in [7, 11) is 0. The van der Waals surface area contributed by atoms with Gasteiger partial charge in [0.15, 0.2) is 0 Å². The fourth-order valence-electron chi connectivity index (χ4n) is 4.61. The number of aryl methyl sites for hydroxylation is 1. The SMILES string of the molecule is NC(=O)c1c(NC(=O)CCN2CCCN(Cc3ccccc3)CC2)sc2c1CCCC2. The molecule has 1 saturated heterocycles. The molecule has 1 aliphatic carbocycles. The van der Waals surface area contributed by atoms with Gasteiger partial charge in [0.05, 0.1) is 5.56 Å². The van der Waals surface area contributed by atoms with Gasteiger partial charge in [0.2, 0.25) is 5.91 Å². The van der Waals surface area contributed by atoms with Crippen LogP contribution in [0.25, 0.3) is 0 Å². The van der Waals surface area contributed by atoms with Crippen LogP contribution in [0.5, 0.6) is 0 Å². The monoisotopic (exact) mass is 440 g/mol. The number of hydrogen-bond donors (Lipinski definition) is 2. The molecule has 0 radical (unpaired) electrons. The zero-order valence-corrected chi connectivity index (χ0v) is 18.9. The molecule has 4 rings (SSSR count). The van der Waals surface area contributed by atoms with Crippen LogP contribution in [0.15, 0.2) is 30.3 Å². The Labute approximate surface area is 188 Å². The lowest BCUT2D eigenvalue weighted by Crippen LogP contribution is -2.32. The number of nitrogens with one attached hydrogen (secondary N) is 1. The Hall–Kier alpha value is -2.22. The van der Waals surface area contributed by atoms with Gasteiger partial charge in [-0.05, 0) is 56.3 Å². The topological polar surface area (TPSA) is 78.7 Å². The van der Waals surface area contributed by atoms with E-state index in [1.165, 1.54) is 21.8 Å². The lowest BCUT2D eigenvalue weighted by molar-refractivity contribution is -0.116. The van der Waals surface area contributed by atoms with E-state index in [-0.39, 0.29) is 5.91 Å². The predicted octanol–water partition coefficient (Wildman–Crippen LogP) is 3.26. The van der Waals surface area contributed by atoms with Crippen LogP contribution in [0.3, 0.4) is 0 Å². The van der Waals surface area contributed by atoms with Crippen molar-refractivity contribution in [2.24, 2.45) is 5.73 Å². The molecule has 1 fully saturated rings. The summed E-state index contributed by atoms with van der Waals surface area (Å²) in [6, 6.07) is 10.6. The summed E-state index contributed by atoms with van der Waals surface area (Å²) in [5.41, 5.74) is 8.59. The molecule has 166 valence electrons. The van der Waals surface area contributed by atoms with Crippen molar-refractivity contribution in [3.8, 4) is 0 Å². The van der Waals surface area contributed by atoms with E-state index in [1.54, 1.807) is 0 Å². The van der Waals surface area contributed by atoms with Crippen molar-refractivity contribution < 1.29 is 9.59 Å². The Morgan fingerprint density at radius 1 is 0.968 bits per heavy atom. The van der Waals surface area contributed by atoms with Crippen molar-refractivity contribution in [2.75, 3.05) is 38.0 Å². The van der Waals surface area contributed by atoms with E-state index in [1.807, 2.05) is 0 Å². The molecule has 31 heavy (non-hydrogen) atoms. The standard InChI is InChI=1S/C24H32N4O2S/c25-23(30)22-19-9-4-5-10-20(19)31-24(22)26-21(29)11-14-27-12-6-13-28(16-15-27)17-18-7-2-1-3-8-18/h1-3,7-8H,4-6,9-17H2,(H2,25,30)(H,26,29). The maximum atomic E-state index is 12.6. The van der Waals surface area contributed by atoms with Crippen LogP contribution in [-0.2, 0) is 24.2 Å². The van der Waals surface area contributed by atoms with E-state index in [0.717, 1.165) is 76.9 Å². The number of nitrogens with zero attached hydrogens (tertiary/aromatic N) is 2. The number of nitrogens with two attached hydrogens (primary N) is 1. The number of hydrogen-bond acceptors (Lipinski definition) is 5. The molecule has 0 bridgehead atoms. The first kappa shape index (κ1) is 22.0. The van der Waals surface area contributed by atoms with Gasteiger partial charge in [-0.15, -0.1) is 11.3 Å². The van der Waals surface area contributed by atoms with E-state index >= 15 is 0 Å². The van der Waals surface area contributed by atoms with E-state index < -0.39 is 5.91 Å². The minimum Gasteiger partial charge on any atom is -0.365 e. The average Bonchev–Trinajstić information content (AvgIpc) is 2.98. The van der Waals surface area contributed by atoms with Gasteiger partial charge in [0.1, 0.15) is 5.00 Å². The molecular formula is C24H32N4O2S. The Bertz CT molecular complexity index is 912. The highest BCUT2D eigenvalue weighted by atomic mass is 32.1. The zero-order chi connectivity index (χ0) is 21.6. The first-order valence-electron chi connectivity index (χ1n) is 11.3. The van der Waals surface area contributed by atoms with Crippen LogP contribution in [0.1, 0.15) is 52.0 Å². The van der Waals surface area contributed by atoms with Gasteiger partial charge in [-0.1, -0.05) is 30.3 Å². The minimum absolute atomic E-state index is 0.0357. The number of carbonyl (C=O) groups is 2. The first-order valence-corrected chi connectivity index (χ1v) is 12.1. The minimum atomic E-state index is -0.430. The number of carbonyl (C=O) groups excluding carboxylic acids is 2. The smallest absolute Gasteiger partial charge is 0.251 e. The number of rotatable bonds is 7. The van der Waals surface area contributed by atoms with Crippen molar-refractivity contribution in [1.82, 2.24) is 9.80 Å². The lowest BCUT2D eigenvalue weighted by Gasteiger charge is -2.21. The molecule has 6 nitrogen and oxygen atoms in total. The second-order valence-corrected chi connectivity index (χ2v) is 9.64. The van der Waals surface area contributed by atoms with Crippen molar-refractivity contribution in [2.45, 2.75) is 45.1 Å². The number of anilines is 1. The van der Waals surface area contributed by atoms with Crippen LogP contribution >= 0.6 is 11.3 Å². The highest BCUT2D eigenvalue weighted by Crippen LogP contribution is 2.37. The van der Waals surface area contributed by atoms with Gasteiger partial charge < -0.3 is 16.0 Å². The maximum Gasteiger partial charge on any atom is 0.251 e. The van der Waals surface area contributed by atoms with Gasteiger partial charge in [0.25, 0.3) is 5.91 Å². The molecule has 7 heteroatoms. The molecule has 1 aromatic heterocycles. The maximum absolute atomic E-state index is 12.6. The van der Waals surface area contributed by atoms with Crippen LogP contribution in [0.4, 0.5) is 5.00 Å². The van der Waals surface area contributed by atoms with Crippen molar-refractivity contribution in [1.29, 1.82) is 0 Å². The molecule has 1 aromatic carbocycles. The third-order valence-electron chi connectivity index (χ3n) is 6.26. The molecule has 0 atom stereocenters. The predicted molar refractivity (Wildman–Crippen MR) is 126 cm³/mol. The van der Waals surface area contributed by atoms with Crippen LogP contribution in [-0.4, -0.2) is 54.3 Å². The largest absolute Gasteiger partial charge is 0.365 e. The zero-order valence-electron chi connectivity index (χ0n) is 18.1. The van der Waals surface area contributed by atoms with Crippen molar-refractivity contribution in [3.63, 3.8) is 0 Å². The summed E-state index contributed by atoms with van der Waals surface area (Å²) in [5.74, 6) is -0.466. The molecule has 2 amide bonds. The number of fused-ring (bicyclic) bond motifs is 1. The van der Waals surface area contributed by atoms with Crippen molar-refractivity contribution >= 4 is 28.2 Å². The van der Waals surface area contributed by atoms with E-state index in [0.29, 0.717) is 17.0 Å². The van der Waals surface area contributed by atoms with Crippen LogP contribution in [0.2, 0.25) is 0 Å². The summed E-state index contributed by atoms with van der Waals surface area (Å²) < 4.78 is 0. The quantitative estimate of drug-likeness (QED) is 0.693. The Morgan fingerprint density at radius 2 is 1.71 bits per heavy atom. The highest BCUT2D eigenvalue weighted by Gasteiger charge is 2.25. The van der Waals surface area contributed by atoms with E-state index in [9.17, 15) is 9.59 Å². The molecule has 1 aliphatic heterocycles. The normalized spacial score (nSPS) is 17.7. The molecule has 2 heterocycles. The Morgan fingerprint density at radius 3 is 2.52 bits per heavy atom. The summed E-state index contributed by atoms with van der Waals surface area (Å²) in [6.45, 7) is 5.80. The fraction of sp³-hybridized carbons (Fsp3) is 0.500. The number of amides is 2. The average molecular weight is 441 g/mol. The second-order valence-electron chi connectivity index (χ2n) is 8.53. The molecule has 0 saturated carbocycles. The second kappa shape index (κ2) is 10.4. The molecule has 0 spiro atoms. The van der Waals surface area contributed by atoms with Gasteiger partial charge in [0, 0.05) is 37.5 Å². The van der Waals surface area contributed by atoms with Crippen molar-refractivity contribution in [3.05, 3.63) is 51.9 Å². The van der Waals surface area contributed by atoms with Crippen LogP contribution < -0.4 is 11.1 Å². The summed E-state index contributed by atoms with van der Waals surface area (Å²) >= 11 is 1.53. The summed E-state index contributed by atoms with van der Waals surface area (Å²) in [5, 5.41) is 3.63. The number of primary amides is 1. The molecular weight excluding hydrogens is 408 g/mol. The Kier molecular flexibility index (Phi) is 7.37. The molecule has 0 unspecified atom stereocenters. The van der Waals surface area contributed by atoms with Gasteiger partial charge in [-0.2, -0.15) is 0 Å². The third kappa shape index (κ3) is 5.73. The summed E-state index contributed by atoms with van der Waals surface area (Å²) in [6.07, 6.45) is 5.61. The van der Waals surface area contributed by atoms with Crippen LogP contribution in [0, 0.1) is 0 Å². The number of thiophene rings is 1. The summed E-state index contributed by atoms with van der Waals surface area (Å²) in [4.78, 5) is 30.7. The fourth-order valence-corrected chi connectivity index (χ4v) is 5.92.